The van der Waals surface area contributed by atoms with Crippen molar-refractivity contribution >= 4 is 11.1 Å². The van der Waals surface area contributed by atoms with E-state index in [1.54, 1.807) is 14.2 Å². The number of aryl methyl sites for hydroxylation is 2. The molecule has 0 aliphatic heterocycles. The normalized spacial score (nSPS) is 11.0. The molecule has 154 valence electrons. The van der Waals surface area contributed by atoms with Crippen molar-refractivity contribution in [2.24, 2.45) is 0 Å². The van der Waals surface area contributed by atoms with Gasteiger partial charge < -0.3 is 18.6 Å². The highest BCUT2D eigenvalue weighted by Gasteiger charge is 2.18. The summed E-state index contributed by atoms with van der Waals surface area (Å²) < 4.78 is 22.9. The van der Waals surface area contributed by atoms with Crippen LogP contribution in [0, 0.1) is 13.8 Å². The van der Waals surface area contributed by atoms with Gasteiger partial charge in [0.05, 0.1) is 26.4 Å². The van der Waals surface area contributed by atoms with Crippen LogP contribution in [-0.2, 0) is 0 Å². The summed E-state index contributed by atoms with van der Waals surface area (Å²) >= 11 is 0. The summed E-state index contributed by atoms with van der Waals surface area (Å²) in [4.78, 5) is 4.68. The van der Waals surface area contributed by atoms with Gasteiger partial charge in [-0.25, -0.2) is 4.98 Å². The average molecular weight is 403 g/mol. The van der Waals surface area contributed by atoms with E-state index in [1.165, 1.54) is 0 Å². The quantitative estimate of drug-likeness (QED) is 0.384. The smallest absolute Gasteiger partial charge is 0.231 e. The second-order valence-corrected chi connectivity index (χ2v) is 7.11. The first-order valence-corrected chi connectivity index (χ1v) is 9.92. The van der Waals surface area contributed by atoms with Crippen LogP contribution in [0.3, 0.4) is 0 Å². The highest BCUT2D eigenvalue weighted by Crippen LogP contribution is 2.39. The maximum absolute atomic E-state index is 6.14. The number of ether oxygens (including phenoxy) is 3. The Morgan fingerprint density at radius 2 is 1.63 bits per heavy atom. The highest BCUT2D eigenvalue weighted by atomic mass is 16.5. The Morgan fingerprint density at radius 3 is 2.30 bits per heavy atom. The molecule has 5 heteroatoms. The third kappa shape index (κ3) is 3.47. The number of methoxy groups -OCH3 is 2. The molecule has 0 aliphatic rings. The van der Waals surface area contributed by atoms with Crippen LogP contribution >= 0.6 is 0 Å². The minimum atomic E-state index is 0.506. The van der Waals surface area contributed by atoms with Crippen LogP contribution in [0.2, 0.25) is 0 Å². The molecule has 0 N–H and O–H groups in total. The third-order valence-corrected chi connectivity index (χ3v) is 5.10. The number of hydrogen-bond acceptors (Lipinski definition) is 5. The number of benzene rings is 3. The van der Waals surface area contributed by atoms with Gasteiger partial charge in [-0.15, -0.1) is 0 Å². The van der Waals surface area contributed by atoms with E-state index in [9.17, 15) is 0 Å². The molecule has 0 saturated carbocycles. The molecule has 0 bridgehead atoms. The number of aromatic nitrogens is 1. The summed E-state index contributed by atoms with van der Waals surface area (Å²) in [6.07, 6.45) is 0. The Balaban J connectivity index is 1.80. The lowest BCUT2D eigenvalue weighted by molar-refractivity contribution is 0.311. The molecule has 3 aromatic carbocycles. The van der Waals surface area contributed by atoms with Gasteiger partial charge in [0.1, 0.15) is 11.3 Å². The van der Waals surface area contributed by atoms with Crippen LogP contribution in [0.15, 0.2) is 52.9 Å². The molecule has 0 fully saturated rings. The number of hydrogen-bond donors (Lipinski definition) is 0. The monoisotopic (exact) mass is 403 g/mol. The lowest BCUT2D eigenvalue weighted by atomic mass is 9.99. The van der Waals surface area contributed by atoms with E-state index in [0.717, 1.165) is 44.7 Å². The van der Waals surface area contributed by atoms with Crippen molar-refractivity contribution in [1.29, 1.82) is 0 Å². The number of nitrogens with zero attached hydrogens (tertiary/aromatic N) is 1. The Kier molecular flexibility index (Phi) is 5.36. The minimum absolute atomic E-state index is 0.506. The summed E-state index contributed by atoms with van der Waals surface area (Å²) in [5.74, 6) is 2.71. The van der Waals surface area contributed by atoms with Crippen LogP contribution in [0.1, 0.15) is 18.1 Å². The van der Waals surface area contributed by atoms with Gasteiger partial charge in [-0.2, -0.15) is 0 Å². The summed E-state index contributed by atoms with van der Waals surface area (Å²) in [6.45, 7) is 6.57. The molecule has 30 heavy (non-hydrogen) atoms. The van der Waals surface area contributed by atoms with Crippen molar-refractivity contribution in [1.82, 2.24) is 4.98 Å². The standard InChI is InChI=1S/C25H25NO4/c1-6-29-24-19(8-7-9-21(24)27-4)25-26-20-11-10-17(14-22(20)30-25)18-12-15(2)23(28-5)16(3)13-18/h7-14H,6H2,1-5H3. The third-order valence-electron chi connectivity index (χ3n) is 5.10. The molecule has 5 nitrogen and oxygen atoms in total. The summed E-state index contributed by atoms with van der Waals surface area (Å²) in [5.41, 5.74) is 6.66. The second kappa shape index (κ2) is 8.11. The molecule has 0 saturated heterocycles. The fraction of sp³-hybridized carbons (Fsp3) is 0.240. The van der Waals surface area contributed by atoms with E-state index in [4.69, 9.17) is 18.6 Å². The van der Waals surface area contributed by atoms with Crippen LogP contribution in [-0.4, -0.2) is 25.8 Å². The summed E-state index contributed by atoms with van der Waals surface area (Å²) in [5, 5.41) is 0. The van der Waals surface area contributed by atoms with Crippen LogP contribution < -0.4 is 14.2 Å². The zero-order valence-corrected chi connectivity index (χ0v) is 17.9. The second-order valence-electron chi connectivity index (χ2n) is 7.11. The summed E-state index contributed by atoms with van der Waals surface area (Å²) in [7, 11) is 3.32. The van der Waals surface area contributed by atoms with Crippen molar-refractivity contribution in [3.05, 3.63) is 59.7 Å². The van der Waals surface area contributed by atoms with E-state index < -0.39 is 0 Å². The SMILES string of the molecule is CCOc1c(OC)cccc1-c1nc2ccc(-c3cc(C)c(OC)c(C)c3)cc2o1. The zero-order chi connectivity index (χ0) is 21.3. The molecule has 1 heterocycles. The van der Waals surface area contributed by atoms with Gasteiger partial charge in [0, 0.05) is 0 Å². The van der Waals surface area contributed by atoms with Gasteiger partial charge in [-0.05, 0) is 79.4 Å². The Morgan fingerprint density at radius 1 is 0.867 bits per heavy atom. The van der Waals surface area contributed by atoms with Gasteiger partial charge in [-0.1, -0.05) is 12.1 Å². The number of para-hydroxylation sites is 1. The van der Waals surface area contributed by atoms with Gasteiger partial charge in [-0.3, -0.25) is 0 Å². The zero-order valence-electron chi connectivity index (χ0n) is 17.9. The predicted octanol–water partition coefficient (Wildman–Crippen LogP) is 6.19. The fourth-order valence-corrected chi connectivity index (χ4v) is 3.80. The molecule has 4 rings (SSSR count). The van der Waals surface area contributed by atoms with E-state index in [0.29, 0.717) is 24.0 Å². The molecule has 0 atom stereocenters. The van der Waals surface area contributed by atoms with Gasteiger partial charge >= 0.3 is 0 Å². The van der Waals surface area contributed by atoms with Crippen molar-refractivity contribution in [3.8, 4) is 39.8 Å². The molecule has 0 aliphatic carbocycles. The highest BCUT2D eigenvalue weighted by molar-refractivity contribution is 5.83. The number of oxazole rings is 1. The average Bonchev–Trinajstić information content (AvgIpc) is 3.17. The maximum Gasteiger partial charge on any atom is 0.231 e. The van der Waals surface area contributed by atoms with Gasteiger partial charge in [0.25, 0.3) is 0 Å². The maximum atomic E-state index is 6.14. The molecular weight excluding hydrogens is 378 g/mol. The summed E-state index contributed by atoms with van der Waals surface area (Å²) in [6, 6.07) is 16.0. The van der Waals surface area contributed by atoms with Crippen molar-refractivity contribution in [2.45, 2.75) is 20.8 Å². The van der Waals surface area contributed by atoms with Crippen LogP contribution in [0.5, 0.6) is 17.2 Å². The van der Waals surface area contributed by atoms with E-state index in [2.05, 4.69) is 37.0 Å². The first kappa shape index (κ1) is 19.8. The molecule has 0 amide bonds. The minimum Gasteiger partial charge on any atom is -0.496 e. The molecule has 0 unspecified atom stereocenters. The Hall–Kier alpha value is -3.47. The first-order valence-electron chi connectivity index (χ1n) is 9.92. The molecule has 1 aromatic heterocycles. The van der Waals surface area contributed by atoms with Gasteiger partial charge in [0.15, 0.2) is 17.1 Å². The van der Waals surface area contributed by atoms with E-state index in [-0.39, 0.29) is 0 Å². The van der Waals surface area contributed by atoms with Crippen molar-refractivity contribution in [2.75, 3.05) is 20.8 Å². The number of fused-ring (bicyclic) bond motifs is 1. The Labute approximate surface area is 176 Å². The van der Waals surface area contributed by atoms with Crippen molar-refractivity contribution < 1.29 is 18.6 Å². The van der Waals surface area contributed by atoms with E-state index in [1.807, 2.05) is 37.3 Å². The lowest BCUT2D eigenvalue weighted by Crippen LogP contribution is -1.97. The largest absolute Gasteiger partial charge is 0.496 e. The van der Waals surface area contributed by atoms with Crippen LogP contribution in [0.25, 0.3) is 33.7 Å². The van der Waals surface area contributed by atoms with Crippen LogP contribution in [0.4, 0.5) is 0 Å². The molecular formula is C25H25NO4. The predicted molar refractivity (Wildman–Crippen MR) is 119 cm³/mol. The topological polar surface area (TPSA) is 53.7 Å². The number of rotatable bonds is 6. The van der Waals surface area contributed by atoms with Gasteiger partial charge in [0.2, 0.25) is 5.89 Å². The van der Waals surface area contributed by atoms with E-state index >= 15 is 0 Å². The first-order chi connectivity index (χ1) is 14.5. The van der Waals surface area contributed by atoms with Crippen molar-refractivity contribution in [3.63, 3.8) is 0 Å². The lowest BCUT2D eigenvalue weighted by Gasteiger charge is -2.11. The fourth-order valence-electron chi connectivity index (χ4n) is 3.80. The molecule has 0 radical (unpaired) electrons. The molecule has 4 aromatic rings. The Bertz CT molecular complexity index is 1190. The molecule has 0 spiro atoms.